The summed E-state index contributed by atoms with van der Waals surface area (Å²) in [6, 6.07) is 0. The summed E-state index contributed by atoms with van der Waals surface area (Å²) < 4.78 is 17.5. The minimum atomic E-state index is 0.314. The fraction of sp³-hybridized carbons (Fsp3) is 0.950. The molecule has 0 amide bonds. The van der Waals surface area contributed by atoms with Crippen LogP contribution in [0.25, 0.3) is 0 Å². The lowest BCUT2D eigenvalue weighted by atomic mass is 10.1. The highest BCUT2D eigenvalue weighted by molar-refractivity contribution is 5.79. The monoisotopic (exact) mass is 369 g/mol. The Balaban J connectivity index is 1.56. The number of ether oxygens (including phenoxy) is 3. The molecule has 0 bridgehead atoms. The third-order valence-electron chi connectivity index (χ3n) is 4.94. The van der Waals surface area contributed by atoms with Gasteiger partial charge in [-0.25, -0.2) is 0 Å². The molecule has 0 aliphatic carbocycles. The van der Waals surface area contributed by atoms with Gasteiger partial charge in [0.25, 0.3) is 0 Å². The third kappa shape index (κ3) is 8.23. The summed E-state index contributed by atoms with van der Waals surface area (Å²) in [6.07, 6.45) is 7.43. The summed E-state index contributed by atoms with van der Waals surface area (Å²) in [5, 5.41) is 3.46. The molecule has 2 aliphatic heterocycles. The zero-order valence-electron chi connectivity index (χ0n) is 17.0. The Bertz CT molecular complexity index is 390. The van der Waals surface area contributed by atoms with Crippen molar-refractivity contribution >= 4 is 5.96 Å². The van der Waals surface area contributed by atoms with Gasteiger partial charge < -0.3 is 24.4 Å². The maximum Gasteiger partial charge on any atom is 0.193 e. The Morgan fingerprint density at radius 2 is 2.04 bits per heavy atom. The van der Waals surface area contributed by atoms with E-state index >= 15 is 0 Å². The second kappa shape index (κ2) is 12.5. The van der Waals surface area contributed by atoms with E-state index in [0.29, 0.717) is 18.1 Å². The van der Waals surface area contributed by atoms with E-state index in [1.54, 1.807) is 0 Å². The molecule has 152 valence electrons. The van der Waals surface area contributed by atoms with Crippen LogP contribution in [0.3, 0.4) is 0 Å². The van der Waals surface area contributed by atoms with Crippen LogP contribution in [0, 0.1) is 5.92 Å². The Morgan fingerprint density at radius 3 is 2.69 bits per heavy atom. The van der Waals surface area contributed by atoms with Crippen molar-refractivity contribution in [2.75, 3.05) is 53.1 Å². The van der Waals surface area contributed by atoms with Gasteiger partial charge in [0.15, 0.2) is 5.96 Å². The van der Waals surface area contributed by atoms with Gasteiger partial charge in [0, 0.05) is 46.5 Å². The van der Waals surface area contributed by atoms with Crippen LogP contribution in [0.4, 0.5) is 0 Å². The highest BCUT2D eigenvalue weighted by Gasteiger charge is 2.23. The second-order valence-corrected chi connectivity index (χ2v) is 7.80. The van der Waals surface area contributed by atoms with Gasteiger partial charge >= 0.3 is 0 Å². The quantitative estimate of drug-likeness (QED) is 0.385. The van der Waals surface area contributed by atoms with Gasteiger partial charge in [0.05, 0.1) is 18.8 Å². The van der Waals surface area contributed by atoms with Crippen LogP contribution in [-0.4, -0.2) is 76.2 Å². The van der Waals surface area contributed by atoms with Crippen LogP contribution < -0.4 is 5.32 Å². The first-order valence-electron chi connectivity index (χ1n) is 10.5. The molecule has 1 N–H and O–H groups in total. The predicted molar refractivity (Wildman–Crippen MR) is 106 cm³/mol. The van der Waals surface area contributed by atoms with Crippen LogP contribution in [0.1, 0.15) is 52.4 Å². The first-order chi connectivity index (χ1) is 12.7. The van der Waals surface area contributed by atoms with E-state index < -0.39 is 0 Å². The van der Waals surface area contributed by atoms with Crippen LogP contribution in [0.2, 0.25) is 0 Å². The Hall–Kier alpha value is -0.850. The average Bonchev–Trinajstić information content (AvgIpc) is 2.67. The summed E-state index contributed by atoms with van der Waals surface area (Å²) in [5.41, 5.74) is 0. The zero-order chi connectivity index (χ0) is 18.6. The molecule has 1 unspecified atom stereocenters. The van der Waals surface area contributed by atoms with Gasteiger partial charge in [0.2, 0.25) is 0 Å². The largest absolute Gasteiger partial charge is 0.381 e. The van der Waals surface area contributed by atoms with Gasteiger partial charge in [-0.1, -0.05) is 13.8 Å². The molecule has 0 spiro atoms. The van der Waals surface area contributed by atoms with E-state index in [4.69, 9.17) is 14.2 Å². The SMILES string of the molecule is CN=C(NCCCOCC(C)C)N1CCC(OCC2CCCCO2)CC1. The van der Waals surface area contributed by atoms with Crippen LogP contribution in [0.5, 0.6) is 0 Å². The lowest BCUT2D eigenvalue weighted by Crippen LogP contribution is -2.47. The minimum absolute atomic E-state index is 0.314. The molecular formula is C20H39N3O3. The van der Waals surface area contributed by atoms with E-state index in [2.05, 4.69) is 29.1 Å². The van der Waals surface area contributed by atoms with Crippen molar-refractivity contribution < 1.29 is 14.2 Å². The molecule has 0 radical (unpaired) electrons. The molecule has 2 fully saturated rings. The smallest absolute Gasteiger partial charge is 0.193 e. The number of piperidine rings is 1. The normalized spacial score (nSPS) is 22.8. The van der Waals surface area contributed by atoms with E-state index in [1.807, 2.05) is 7.05 Å². The Labute approximate surface area is 159 Å². The molecule has 0 aromatic heterocycles. The van der Waals surface area contributed by atoms with Crippen molar-refractivity contribution in [1.29, 1.82) is 0 Å². The van der Waals surface area contributed by atoms with E-state index in [9.17, 15) is 0 Å². The number of hydrogen-bond acceptors (Lipinski definition) is 4. The zero-order valence-corrected chi connectivity index (χ0v) is 17.0. The van der Waals surface area contributed by atoms with Crippen LogP contribution >= 0.6 is 0 Å². The van der Waals surface area contributed by atoms with Crippen molar-refractivity contribution in [3.8, 4) is 0 Å². The Morgan fingerprint density at radius 1 is 1.23 bits per heavy atom. The molecule has 0 aromatic rings. The Kier molecular flexibility index (Phi) is 10.3. The van der Waals surface area contributed by atoms with Crippen molar-refractivity contribution in [2.24, 2.45) is 10.9 Å². The van der Waals surface area contributed by atoms with Crippen LogP contribution in [-0.2, 0) is 14.2 Å². The molecule has 6 heteroatoms. The van der Waals surface area contributed by atoms with E-state index in [1.165, 1.54) is 12.8 Å². The molecule has 0 aromatic carbocycles. The highest BCUT2D eigenvalue weighted by Crippen LogP contribution is 2.17. The van der Waals surface area contributed by atoms with Crippen molar-refractivity contribution in [3.63, 3.8) is 0 Å². The first-order valence-corrected chi connectivity index (χ1v) is 10.5. The molecule has 0 saturated carbocycles. The number of likely N-dealkylation sites (tertiary alicyclic amines) is 1. The number of guanidine groups is 1. The van der Waals surface area contributed by atoms with Gasteiger partial charge in [-0.3, -0.25) is 4.99 Å². The number of nitrogens with zero attached hydrogens (tertiary/aromatic N) is 2. The fourth-order valence-corrected chi connectivity index (χ4v) is 3.44. The maximum atomic E-state index is 6.10. The molecular weight excluding hydrogens is 330 g/mol. The molecule has 2 rings (SSSR count). The van der Waals surface area contributed by atoms with Gasteiger partial charge in [0.1, 0.15) is 0 Å². The van der Waals surface area contributed by atoms with Crippen molar-refractivity contribution in [1.82, 2.24) is 10.2 Å². The molecule has 1 atom stereocenters. The summed E-state index contributed by atoms with van der Waals surface area (Å²) in [4.78, 5) is 6.77. The van der Waals surface area contributed by atoms with Crippen LogP contribution in [0.15, 0.2) is 4.99 Å². The first kappa shape index (κ1) is 21.5. The van der Waals surface area contributed by atoms with Crippen molar-refractivity contribution in [3.05, 3.63) is 0 Å². The second-order valence-electron chi connectivity index (χ2n) is 7.80. The molecule has 2 heterocycles. The number of hydrogen-bond donors (Lipinski definition) is 1. The predicted octanol–water partition coefficient (Wildman–Crippen LogP) is 2.67. The summed E-state index contributed by atoms with van der Waals surface area (Å²) >= 11 is 0. The summed E-state index contributed by atoms with van der Waals surface area (Å²) in [5.74, 6) is 1.60. The lowest BCUT2D eigenvalue weighted by Gasteiger charge is -2.35. The average molecular weight is 370 g/mol. The molecule has 26 heavy (non-hydrogen) atoms. The topological polar surface area (TPSA) is 55.3 Å². The minimum Gasteiger partial charge on any atom is -0.381 e. The van der Waals surface area contributed by atoms with Gasteiger partial charge in [-0.2, -0.15) is 0 Å². The molecule has 6 nitrogen and oxygen atoms in total. The number of nitrogens with one attached hydrogen (secondary N) is 1. The van der Waals surface area contributed by atoms with E-state index in [0.717, 1.165) is 77.7 Å². The summed E-state index contributed by atoms with van der Waals surface area (Å²) in [7, 11) is 1.86. The number of aliphatic imine (C=N–C) groups is 1. The van der Waals surface area contributed by atoms with Gasteiger partial charge in [-0.15, -0.1) is 0 Å². The highest BCUT2D eigenvalue weighted by atomic mass is 16.5. The molecule has 2 aliphatic rings. The number of rotatable bonds is 9. The summed E-state index contributed by atoms with van der Waals surface area (Å²) in [6.45, 7) is 10.6. The fourth-order valence-electron chi connectivity index (χ4n) is 3.44. The van der Waals surface area contributed by atoms with E-state index in [-0.39, 0.29) is 0 Å². The molecule has 2 saturated heterocycles. The standard InChI is InChI=1S/C20H39N3O3/c1-17(2)15-24-13-6-10-22-20(21-3)23-11-8-18(9-12-23)26-16-19-7-4-5-14-25-19/h17-19H,4-16H2,1-3H3,(H,21,22). The third-order valence-corrected chi connectivity index (χ3v) is 4.94. The van der Waals surface area contributed by atoms with Gasteiger partial charge in [-0.05, 0) is 44.4 Å². The maximum absolute atomic E-state index is 6.10. The lowest BCUT2D eigenvalue weighted by molar-refractivity contribution is -0.0721. The van der Waals surface area contributed by atoms with Crippen molar-refractivity contribution in [2.45, 2.75) is 64.6 Å².